The van der Waals surface area contributed by atoms with Crippen LogP contribution in [0.2, 0.25) is 0 Å². The summed E-state index contributed by atoms with van der Waals surface area (Å²) < 4.78 is 67.4. The predicted molar refractivity (Wildman–Crippen MR) is 102 cm³/mol. The van der Waals surface area contributed by atoms with Crippen LogP contribution < -0.4 is 5.32 Å². The van der Waals surface area contributed by atoms with E-state index in [1.165, 1.54) is 42.5 Å². The van der Waals surface area contributed by atoms with Gasteiger partial charge in [0.1, 0.15) is 12.7 Å². The summed E-state index contributed by atoms with van der Waals surface area (Å²) in [6.07, 6.45) is -5.85. The Hall–Kier alpha value is -2.43. The molecule has 2 aromatic carbocycles. The van der Waals surface area contributed by atoms with Gasteiger partial charge in [0.15, 0.2) is 0 Å². The van der Waals surface area contributed by atoms with Crippen molar-refractivity contribution in [2.75, 3.05) is 19.0 Å². The van der Waals surface area contributed by atoms with Crippen LogP contribution in [0.3, 0.4) is 0 Å². The van der Waals surface area contributed by atoms with Crippen molar-refractivity contribution in [1.82, 2.24) is 4.31 Å². The number of nitrogens with zero attached hydrogens (tertiary/aromatic N) is 1. The van der Waals surface area contributed by atoms with E-state index in [0.29, 0.717) is 0 Å². The van der Waals surface area contributed by atoms with E-state index in [-0.39, 0.29) is 17.1 Å². The van der Waals surface area contributed by atoms with Crippen molar-refractivity contribution in [2.24, 2.45) is 0 Å². The predicted octanol–water partition coefficient (Wildman–Crippen LogP) is 3.41. The Kier molecular flexibility index (Phi) is 7.39. The number of rotatable bonds is 8. The maximum Gasteiger partial charge on any atom is 0.411 e. The van der Waals surface area contributed by atoms with E-state index in [1.807, 2.05) is 30.3 Å². The quantitative estimate of drug-likeness (QED) is 0.697. The van der Waals surface area contributed by atoms with E-state index < -0.39 is 34.8 Å². The first kappa shape index (κ1) is 22.9. The summed E-state index contributed by atoms with van der Waals surface area (Å²) in [6, 6.07) is 14.4. The van der Waals surface area contributed by atoms with Crippen molar-refractivity contribution >= 4 is 21.6 Å². The molecule has 1 atom stereocenters. The third-order valence-corrected chi connectivity index (χ3v) is 5.76. The molecule has 158 valence electrons. The number of alkyl halides is 3. The minimum absolute atomic E-state index is 0.0234. The Morgan fingerprint density at radius 1 is 1.10 bits per heavy atom. The van der Waals surface area contributed by atoms with Gasteiger partial charge in [-0.1, -0.05) is 30.3 Å². The highest BCUT2D eigenvalue weighted by Crippen LogP contribution is 2.20. The average molecular weight is 430 g/mol. The molecule has 0 aliphatic heterocycles. The lowest BCUT2D eigenvalue weighted by Gasteiger charge is -2.18. The van der Waals surface area contributed by atoms with Gasteiger partial charge in [-0.05, 0) is 36.8 Å². The van der Waals surface area contributed by atoms with Crippen LogP contribution in [0, 0.1) is 0 Å². The first-order valence-electron chi connectivity index (χ1n) is 8.58. The minimum atomic E-state index is -4.53. The number of carbonyl (C=O) groups is 1. The number of anilines is 1. The van der Waals surface area contributed by atoms with E-state index in [1.54, 1.807) is 0 Å². The van der Waals surface area contributed by atoms with Gasteiger partial charge in [-0.2, -0.15) is 17.5 Å². The van der Waals surface area contributed by atoms with Crippen LogP contribution in [0.25, 0.3) is 0 Å². The van der Waals surface area contributed by atoms with Crippen LogP contribution in [0.1, 0.15) is 12.5 Å². The van der Waals surface area contributed by atoms with Gasteiger partial charge < -0.3 is 10.1 Å². The monoisotopic (exact) mass is 430 g/mol. The molecule has 2 aromatic rings. The maximum absolute atomic E-state index is 12.7. The Morgan fingerprint density at radius 3 is 2.24 bits per heavy atom. The van der Waals surface area contributed by atoms with Crippen LogP contribution in [0.5, 0.6) is 0 Å². The molecule has 29 heavy (non-hydrogen) atoms. The van der Waals surface area contributed by atoms with Crippen LogP contribution in [-0.2, 0) is 26.1 Å². The number of amides is 1. The average Bonchev–Trinajstić information content (AvgIpc) is 2.66. The normalized spacial score (nSPS) is 13.3. The van der Waals surface area contributed by atoms with Gasteiger partial charge in [0.2, 0.25) is 10.0 Å². The third-order valence-electron chi connectivity index (χ3n) is 3.94. The number of benzene rings is 2. The molecular formula is C19H21F3N2O4S. The fraction of sp³-hybridized carbons (Fsp3) is 0.316. The van der Waals surface area contributed by atoms with Crippen molar-refractivity contribution in [3.8, 4) is 0 Å². The number of sulfonamides is 1. The fourth-order valence-electron chi connectivity index (χ4n) is 2.35. The lowest BCUT2D eigenvalue weighted by Crippen LogP contribution is -2.31. The third kappa shape index (κ3) is 6.84. The van der Waals surface area contributed by atoms with Crippen LogP contribution in [0.4, 0.5) is 18.9 Å². The molecule has 0 radical (unpaired) electrons. The Labute approximate surface area is 167 Å². The summed E-state index contributed by atoms with van der Waals surface area (Å²) in [5, 5.41) is 2.39. The molecular weight excluding hydrogens is 409 g/mol. The molecule has 0 spiro atoms. The van der Waals surface area contributed by atoms with Gasteiger partial charge in [-0.25, -0.2) is 8.42 Å². The molecule has 1 N–H and O–H groups in total. The highest BCUT2D eigenvalue weighted by atomic mass is 32.2. The molecule has 0 bridgehead atoms. The molecule has 0 saturated carbocycles. The summed E-state index contributed by atoms with van der Waals surface area (Å²) in [5.41, 5.74) is 1.07. The molecule has 6 nitrogen and oxygen atoms in total. The maximum atomic E-state index is 12.7. The Morgan fingerprint density at radius 2 is 1.69 bits per heavy atom. The number of nitrogens with one attached hydrogen (secondary N) is 1. The molecule has 0 aliphatic rings. The summed E-state index contributed by atoms with van der Waals surface area (Å²) in [5.74, 6) is -0.772. The van der Waals surface area contributed by atoms with E-state index in [2.05, 4.69) is 10.1 Å². The van der Waals surface area contributed by atoms with Gasteiger partial charge in [-0.3, -0.25) is 4.79 Å². The zero-order chi connectivity index (χ0) is 21.7. The smallest absolute Gasteiger partial charge is 0.359 e. The zero-order valence-corrected chi connectivity index (χ0v) is 16.6. The van der Waals surface area contributed by atoms with Crippen molar-refractivity contribution in [1.29, 1.82) is 0 Å². The van der Waals surface area contributed by atoms with Crippen molar-refractivity contribution in [2.45, 2.75) is 30.6 Å². The van der Waals surface area contributed by atoms with Crippen LogP contribution in [0.15, 0.2) is 59.5 Å². The van der Waals surface area contributed by atoms with Gasteiger partial charge >= 0.3 is 6.18 Å². The first-order valence-corrected chi connectivity index (χ1v) is 10.0. The SMILES string of the molecule is CC(OCC(F)(F)F)C(=O)Nc1ccc(S(=O)(=O)N(C)Cc2ccccc2)cc1. The molecule has 2 rings (SSSR count). The molecule has 10 heteroatoms. The van der Waals surface area contributed by atoms with E-state index in [9.17, 15) is 26.4 Å². The van der Waals surface area contributed by atoms with E-state index in [0.717, 1.165) is 5.56 Å². The first-order chi connectivity index (χ1) is 13.5. The molecule has 0 fully saturated rings. The van der Waals surface area contributed by atoms with E-state index in [4.69, 9.17) is 0 Å². The number of ether oxygens (including phenoxy) is 1. The lowest BCUT2D eigenvalue weighted by molar-refractivity contribution is -0.184. The zero-order valence-electron chi connectivity index (χ0n) is 15.8. The highest BCUT2D eigenvalue weighted by molar-refractivity contribution is 7.89. The van der Waals surface area contributed by atoms with Crippen molar-refractivity contribution in [3.63, 3.8) is 0 Å². The summed E-state index contributed by atoms with van der Waals surface area (Å²) in [6.45, 7) is -0.152. The van der Waals surface area contributed by atoms with Gasteiger partial charge in [0.05, 0.1) is 4.90 Å². The van der Waals surface area contributed by atoms with Crippen LogP contribution >= 0.6 is 0 Å². The summed E-state index contributed by atoms with van der Waals surface area (Å²) >= 11 is 0. The standard InChI is InChI=1S/C19H21F3N2O4S/c1-14(28-13-19(20,21)22)18(25)23-16-8-10-17(11-9-16)29(26,27)24(2)12-15-6-4-3-5-7-15/h3-11,14H,12-13H2,1-2H3,(H,23,25). The highest BCUT2D eigenvalue weighted by Gasteiger charge is 2.30. The van der Waals surface area contributed by atoms with Crippen LogP contribution in [-0.4, -0.2) is 44.6 Å². The lowest BCUT2D eigenvalue weighted by atomic mass is 10.2. The fourth-order valence-corrected chi connectivity index (χ4v) is 3.51. The second-order valence-electron chi connectivity index (χ2n) is 6.33. The second kappa shape index (κ2) is 9.38. The van der Waals surface area contributed by atoms with E-state index >= 15 is 0 Å². The minimum Gasteiger partial charge on any atom is -0.359 e. The Balaban J connectivity index is 2.00. The largest absolute Gasteiger partial charge is 0.411 e. The molecule has 0 aromatic heterocycles. The van der Waals surface area contributed by atoms with Crippen molar-refractivity contribution in [3.05, 3.63) is 60.2 Å². The number of carbonyl (C=O) groups excluding carboxylic acids is 1. The number of hydrogen-bond acceptors (Lipinski definition) is 4. The van der Waals surface area contributed by atoms with Gasteiger partial charge in [0.25, 0.3) is 5.91 Å². The Bertz CT molecular complexity index is 917. The van der Waals surface area contributed by atoms with Gasteiger partial charge in [-0.15, -0.1) is 0 Å². The molecule has 0 heterocycles. The van der Waals surface area contributed by atoms with Crippen molar-refractivity contribution < 1.29 is 31.1 Å². The van der Waals surface area contributed by atoms with Gasteiger partial charge in [0, 0.05) is 19.3 Å². The summed E-state index contributed by atoms with van der Waals surface area (Å²) in [4.78, 5) is 11.9. The molecule has 1 unspecified atom stereocenters. The molecule has 0 aliphatic carbocycles. The second-order valence-corrected chi connectivity index (χ2v) is 8.37. The topological polar surface area (TPSA) is 75.7 Å². The summed E-state index contributed by atoms with van der Waals surface area (Å²) in [7, 11) is -2.30. The number of hydrogen-bond donors (Lipinski definition) is 1. The molecule has 1 amide bonds. The molecule has 0 saturated heterocycles. The number of halogens is 3.